The Balaban J connectivity index is -0.000000187. The van der Waals surface area contributed by atoms with Gasteiger partial charge in [-0.05, 0) is 13.8 Å². The molecule has 248 valence electrons. The molecule has 2 aromatic rings. The maximum atomic E-state index is 9.00. The number of aromatic nitrogens is 3. The molecule has 0 radical (unpaired) electrons. The van der Waals surface area contributed by atoms with Gasteiger partial charge in [-0.3, -0.25) is 24.0 Å². The molecular formula is C26H45ClN4O11S. The van der Waals surface area contributed by atoms with Gasteiger partial charge in [0.2, 0.25) is 5.01 Å². The van der Waals surface area contributed by atoms with Crippen molar-refractivity contribution in [3.63, 3.8) is 0 Å². The lowest BCUT2D eigenvalue weighted by Crippen LogP contribution is -3.00. The normalized spacial score (nSPS) is 8.58. The molecule has 0 spiro atoms. The third-order valence-electron chi connectivity index (χ3n) is 3.68. The van der Waals surface area contributed by atoms with E-state index >= 15 is 0 Å². The van der Waals surface area contributed by atoms with Crippen molar-refractivity contribution in [2.24, 2.45) is 0 Å². The lowest BCUT2D eigenvalue weighted by atomic mass is 10.2. The summed E-state index contributed by atoms with van der Waals surface area (Å²) in [4.78, 5) is 54.9. The van der Waals surface area contributed by atoms with Gasteiger partial charge in [-0.2, -0.15) is 4.57 Å². The number of carbonyl (C=O) groups is 5. The molecule has 0 saturated heterocycles. The van der Waals surface area contributed by atoms with Crippen LogP contribution in [0.25, 0.3) is 0 Å². The van der Waals surface area contributed by atoms with Crippen molar-refractivity contribution in [3.05, 3.63) is 33.2 Å². The zero-order chi connectivity index (χ0) is 34.0. The van der Waals surface area contributed by atoms with Crippen LogP contribution in [0.5, 0.6) is 0 Å². The van der Waals surface area contributed by atoms with Gasteiger partial charge in [-0.1, -0.05) is 18.3 Å². The molecule has 15 nitrogen and oxygen atoms in total. The van der Waals surface area contributed by atoms with Gasteiger partial charge >= 0.3 is 0 Å². The highest BCUT2D eigenvalue weighted by Gasteiger charge is 2.23. The molecule has 0 aliphatic heterocycles. The topological polar surface area (TPSA) is 251 Å². The van der Waals surface area contributed by atoms with Crippen LogP contribution in [0.3, 0.4) is 0 Å². The fourth-order valence-electron chi connectivity index (χ4n) is 2.42. The summed E-state index contributed by atoms with van der Waals surface area (Å²) >= 11 is 1.87. The first-order valence-corrected chi connectivity index (χ1v) is 13.2. The molecule has 0 aliphatic carbocycles. The number of carboxylic acid groups (broad SMARTS) is 5. The van der Waals surface area contributed by atoms with Crippen molar-refractivity contribution in [1.29, 1.82) is 0 Å². The van der Waals surface area contributed by atoms with E-state index in [2.05, 4.69) is 28.4 Å². The van der Waals surface area contributed by atoms with Gasteiger partial charge in [0, 0.05) is 67.2 Å². The van der Waals surface area contributed by atoms with E-state index in [9.17, 15) is 0 Å². The third kappa shape index (κ3) is 38.1. The van der Waals surface area contributed by atoms with E-state index in [1.54, 1.807) is 0 Å². The van der Waals surface area contributed by atoms with Crippen molar-refractivity contribution in [1.82, 2.24) is 9.97 Å². The SMILES string of the molecule is CC(=O)O.CC(=O)O.CC(=O)O.CC(=O)O.CC(=O)O.CCOCCc1sc(CC)[n+](Cc2cnc(C)nc2N)c1C.[Cl-]. The second-order valence-electron chi connectivity index (χ2n) is 7.81. The van der Waals surface area contributed by atoms with Crippen LogP contribution in [-0.2, 0) is 48.1 Å². The summed E-state index contributed by atoms with van der Waals surface area (Å²) in [6.45, 7) is 15.9. The number of nitrogen functional groups attached to an aromatic ring is 1. The molecular weight excluding hydrogens is 612 g/mol. The number of nitrogens with zero attached hydrogens (tertiary/aromatic N) is 3. The predicted octanol–water partition coefficient (Wildman–Crippen LogP) is -0.327. The van der Waals surface area contributed by atoms with Gasteiger partial charge in [-0.15, -0.1) is 0 Å². The molecule has 0 bridgehead atoms. The molecule has 2 heterocycles. The van der Waals surface area contributed by atoms with Crippen molar-refractivity contribution < 1.29 is 71.2 Å². The number of carboxylic acids is 5. The molecule has 0 saturated carbocycles. The summed E-state index contributed by atoms with van der Waals surface area (Å²) in [5.41, 5.74) is 8.30. The number of nitrogens with two attached hydrogens (primary N) is 1. The maximum absolute atomic E-state index is 9.00. The Morgan fingerprint density at radius 3 is 1.58 bits per heavy atom. The van der Waals surface area contributed by atoms with Crippen molar-refractivity contribution in [3.8, 4) is 0 Å². The zero-order valence-electron chi connectivity index (χ0n) is 26.0. The summed E-state index contributed by atoms with van der Waals surface area (Å²) in [6.07, 6.45) is 3.80. The Morgan fingerprint density at radius 1 is 0.860 bits per heavy atom. The van der Waals surface area contributed by atoms with Crippen molar-refractivity contribution >= 4 is 47.0 Å². The molecule has 17 heteroatoms. The number of halogens is 1. The lowest BCUT2D eigenvalue weighted by Gasteiger charge is -2.03. The summed E-state index contributed by atoms with van der Waals surface area (Å²) in [7, 11) is 0. The summed E-state index contributed by atoms with van der Waals surface area (Å²) in [6, 6.07) is 0. The minimum absolute atomic E-state index is 0. The molecule has 0 atom stereocenters. The number of thiazole rings is 1. The number of aryl methyl sites for hydroxylation is 2. The summed E-state index contributed by atoms with van der Waals surface area (Å²) in [5, 5.41) is 38.4. The van der Waals surface area contributed by atoms with Crippen molar-refractivity contribution in [2.75, 3.05) is 18.9 Å². The van der Waals surface area contributed by atoms with E-state index < -0.39 is 29.8 Å². The number of anilines is 1. The van der Waals surface area contributed by atoms with E-state index in [0.29, 0.717) is 11.6 Å². The molecule has 0 amide bonds. The molecule has 0 unspecified atom stereocenters. The first kappa shape index (κ1) is 48.8. The van der Waals surface area contributed by atoms with Gasteiger partial charge in [0.25, 0.3) is 29.8 Å². The zero-order valence-corrected chi connectivity index (χ0v) is 27.6. The molecule has 0 aliphatic rings. The Kier molecular flexibility index (Phi) is 33.6. The van der Waals surface area contributed by atoms with Crippen LogP contribution in [0.15, 0.2) is 6.20 Å². The first-order chi connectivity index (χ1) is 19.2. The largest absolute Gasteiger partial charge is 1.00 e. The molecule has 43 heavy (non-hydrogen) atoms. The van der Waals surface area contributed by atoms with Crippen LogP contribution < -0.4 is 22.7 Å². The molecule has 0 fully saturated rings. The van der Waals surface area contributed by atoms with E-state index in [1.165, 1.54) is 15.6 Å². The second-order valence-corrected chi connectivity index (χ2v) is 8.98. The smallest absolute Gasteiger partial charge is 0.300 e. The van der Waals surface area contributed by atoms with Crippen LogP contribution in [0.2, 0.25) is 0 Å². The van der Waals surface area contributed by atoms with Crippen LogP contribution in [0.4, 0.5) is 5.82 Å². The van der Waals surface area contributed by atoms with Gasteiger partial charge in [-0.25, -0.2) is 9.97 Å². The fourth-order valence-corrected chi connectivity index (χ4v) is 3.61. The third-order valence-corrected chi connectivity index (χ3v) is 5.17. The molecule has 0 aromatic carbocycles. The molecule has 7 N–H and O–H groups in total. The Labute approximate surface area is 261 Å². The molecule has 2 aromatic heterocycles. The van der Waals surface area contributed by atoms with Crippen LogP contribution in [-0.4, -0.2) is 78.6 Å². The van der Waals surface area contributed by atoms with E-state index in [4.69, 9.17) is 60.0 Å². The van der Waals surface area contributed by atoms with Crippen LogP contribution >= 0.6 is 11.3 Å². The molecule has 2 rings (SSSR count). The standard InChI is InChI=1S/C16H25N4OS.5C2H4O2.ClH/c1-5-15-20(10-13-9-18-12(4)19-16(13)17)11(3)14(22-15)7-8-21-6-2;5*1-2(3)4;/h9H,5-8,10H2,1-4H3,(H2,17,18,19);5*1H3,(H,3,4);1H/q+1;;;;;;/p-1. The average molecular weight is 657 g/mol. The van der Waals surface area contributed by atoms with Gasteiger partial charge < -0.3 is 48.4 Å². The average Bonchev–Trinajstić information content (AvgIpc) is 3.08. The first-order valence-electron chi connectivity index (χ1n) is 12.4. The Hall–Kier alpha value is -3.89. The minimum Gasteiger partial charge on any atom is -1.00 e. The fraction of sp³-hybridized carbons (Fsp3) is 0.538. The number of ether oxygens (including phenoxy) is 1. The quantitative estimate of drug-likeness (QED) is 0.165. The monoisotopic (exact) mass is 656 g/mol. The van der Waals surface area contributed by atoms with Crippen LogP contribution in [0.1, 0.15) is 75.4 Å². The predicted molar refractivity (Wildman–Crippen MR) is 156 cm³/mol. The summed E-state index contributed by atoms with van der Waals surface area (Å²) in [5.74, 6) is -2.88. The second kappa shape index (κ2) is 29.6. The van der Waals surface area contributed by atoms with Gasteiger partial charge in [0.1, 0.15) is 11.6 Å². The van der Waals surface area contributed by atoms with Gasteiger partial charge in [0.15, 0.2) is 12.2 Å². The minimum atomic E-state index is -0.833. The highest BCUT2D eigenvalue weighted by atomic mass is 35.5. The number of hydrogen-bond acceptors (Lipinski definition) is 10. The van der Waals surface area contributed by atoms with Crippen molar-refractivity contribution in [2.45, 2.75) is 81.7 Å². The summed E-state index contributed by atoms with van der Waals surface area (Å²) < 4.78 is 7.81. The lowest BCUT2D eigenvalue weighted by molar-refractivity contribution is -0.696. The van der Waals surface area contributed by atoms with E-state index in [1.807, 2.05) is 31.4 Å². The van der Waals surface area contributed by atoms with E-state index in [-0.39, 0.29) is 12.4 Å². The van der Waals surface area contributed by atoms with E-state index in [0.717, 1.165) is 72.8 Å². The number of rotatable bonds is 7. The highest BCUT2D eigenvalue weighted by Crippen LogP contribution is 2.19. The number of aliphatic carboxylic acids is 5. The highest BCUT2D eigenvalue weighted by molar-refractivity contribution is 7.11. The maximum Gasteiger partial charge on any atom is 0.300 e. The Morgan fingerprint density at radius 2 is 1.26 bits per heavy atom. The van der Waals surface area contributed by atoms with Crippen LogP contribution in [0, 0.1) is 13.8 Å². The Bertz CT molecular complexity index is 1020. The van der Waals surface area contributed by atoms with Gasteiger partial charge in [0.05, 0.1) is 17.0 Å². The number of hydrogen-bond donors (Lipinski definition) is 6.